The Morgan fingerprint density at radius 2 is 2.00 bits per heavy atom. The van der Waals surface area contributed by atoms with Crippen LogP contribution in [0.25, 0.3) is 5.76 Å². The van der Waals surface area contributed by atoms with E-state index in [2.05, 4.69) is 6.92 Å². The molecule has 2 aliphatic heterocycles. The smallest absolute Gasteiger partial charge is 0.295 e. The van der Waals surface area contributed by atoms with Gasteiger partial charge in [-0.3, -0.25) is 9.59 Å². The number of hydrogen-bond acceptors (Lipinski definition) is 6. The van der Waals surface area contributed by atoms with E-state index < -0.39 is 17.7 Å². The molecule has 0 aliphatic carbocycles. The molecule has 2 unspecified atom stereocenters. The Balaban J connectivity index is 1.77. The fourth-order valence-corrected chi connectivity index (χ4v) is 4.60. The SMILES string of the molecule is CCCCOc1cccc(C2/C(=C(/O)c3ccc4c(c3)CC(C)O4)C(=O)C(=O)N2CCN(C)C)c1. The summed E-state index contributed by atoms with van der Waals surface area (Å²) in [6.45, 7) is 5.63. The van der Waals surface area contributed by atoms with Crippen LogP contribution in [0.3, 0.4) is 0 Å². The third-order valence-corrected chi connectivity index (χ3v) is 6.44. The van der Waals surface area contributed by atoms with E-state index in [1.54, 1.807) is 11.0 Å². The lowest BCUT2D eigenvalue weighted by Crippen LogP contribution is -2.35. The first-order valence-electron chi connectivity index (χ1n) is 12.3. The fraction of sp³-hybridized carbons (Fsp3) is 0.429. The number of aliphatic hydroxyl groups is 1. The number of hydrogen-bond donors (Lipinski definition) is 1. The van der Waals surface area contributed by atoms with Gasteiger partial charge in [-0.2, -0.15) is 0 Å². The second-order valence-corrected chi connectivity index (χ2v) is 9.53. The van der Waals surface area contributed by atoms with Crippen molar-refractivity contribution in [3.63, 3.8) is 0 Å². The highest BCUT2D eigenvalue weighted by molar-refractivity contribution is 6.46. The summed E-state index contributed by atoms with van der Waals surface area (Å²) in [7, 11) is 3.84. The fourth-order valence-electron chi connectivity index (χ4n) is 4.60. The first-order chi connectivity index (χ1) is 16.8. The summed E-state index contributed by atoms with van der Waals surface area (Å²) in [4.78, 5) is 29.9. The number of rotatable bonds is 9. The van der Waals surface area contributed by atoms with E-state index in [4.69, 9.17) is 9.47 Å². The van der Waals surface area contributed by atoms with Crippen LogP contribution in [0, 0.1) is 0 Å². The summed E-state index contributed by atoms with van der Waals surface area (Å²) in [5.74, 6) is 0.0228. The van der Waals surface area contributed by atoms with Crippen molar-refractivity contribution in [3.05, 3.63) is 64.7 Å². The van der Waals surface area contributed by atoms with Crippen molar-refractivity contribution in [3.8, 4) is 11.5 Å². The average Bonchev–Trinajstić information content (AvgIpc) is 3.33. The highest BCUT2D eigenvalue weighted by Gasteiger charge is 2.46. The van der Waals surface area contributed by atoms with Gasteiger partial charge in [0, 0.05) is 25.1 Å². The summed E-state index contributed by atoms with van der Waals surface area (Å²) < 4.78 is 11.7. The van der Waals surface area contributed by atoms with Gasteiger partial charge in [0.25, 0.3) is 11.7 Å². The van der Waals surface area contributed by atoms with Crippen molar-refractivity contribution in [2.45, 2.75) is 45.3 Å². The van der Waals surface area contributed by atoms with Crippen molar-refractivity contribution in [1.82, 2.24) is 9.80 Å². The zero-order valence-corrected chi connectivity index (χ0v) is 20.9. The Hall–Kier alpha value is -3.32. The molecule has 1 saturated heterocycles. The number of likely N-dealkylation sites (N-methyl/N-ethyl adjacent to an activating group) is 1. The van der Waals surface area contributed by atoms with Crippen LogP contribution in [0.5, 0.6) is 11.5 Å². The third kappa shape index (κ3) is 5.20. The Morgan fingerprint density at radius 1 is 1.20 bits per heavy atom. The predicted molar refractivity (Wildman–Crippen MR) is 135 cm³/mol. The number of fused-ring (bicyclic) bond motifs is 1. The molecular weight excluding hydrogens is 444 g/mol. The quantitative estimate of drug-likeness (QED) is 0.252. The lowest BCUT2D eigenvalue weighted by atomic mass is 9.94. The maximum absolute atomic E-state index is 13.3. The maximum Gasteiger partial charge on any atom is 0.295 e. The number of carbonyl (C=O) groups is 2. The second kappa shape index (κ2) is 10.5. The molecular formula is C28H34N2O5. The van der Waals surface area contributed by atoms with Gasteiger partial charge < -0.3 is 24.4 Å². The van der Waals surface area contributed by atoms with E-state index in [-0.39, 0.29) is 17.4 Å². The molecule has 35 heavy (non-hydrogen) atoms. The van der Waals surface area contributed by atoms with Crippen molar-refractivity contribution < 1.29 is 24.2 Å². The van der Waals surface area contributed by atoms with E-state index in [9.17, 15) is 14.7 Å². The first kappa shape index (κ1) is 24.8. The number of carbonyl (C=O) groups excluding carboxylic acids is 2. The summed E-state index contributed by atoms with van der Waals surface area (Å²) in [6, 6.07) is 12.2. The van der Waals surface area contributed by atoms with Gasteiger partial charge in [0.05, 0.1) is 18.2 Å². The molecule has 2 aromatic rings. The van der Waals surface area contributed by atoms with Gasteiger partial charge in [0.15, 0.2) is 0 Å². The van der Waals surface area contributed by atoms with Crippen LogP contribution in [0.15, 0.2) is 48.0 Å². The molecule has 1 N–H and O–H groups in total. The number of likely N-dealkylation sites (tertiary alicyclic amines) is 1. The van der Waals surface area contributed by atoms with Gasteiger partial charge in [0.1, 0.15) is 23.4 Å². The van der Waals surface area contributed by atoms with Gasteiger partial charge in [-0.05, 0) is 68.9 Å². The maximum atomic E-state index is 13.3. The number of nitrogens with zero attached hydrogens (tertiary/aromatic N) is 2. The molecule has 2 aliphatic rings. The number of ether oxygens (including phenoxy) is 2. The highest BCUT2D eigenvalue weighted by Crippen LogP contribution is 2.41. The molecule has 0 radical (unpaired) electrons. The molecule has 2 heterocycles. The average molecular weight is 479 g/mol. The van der Waals surface area contributed by atoms with E-state index in [1.807, 2.05) is 62.3 Å². The number of ketones is 1. The molecule has 2 aromatic carbocycles. The molecule has 0 spiro atoms. The summed E-state index contributed by atoms with van der Waals surface area (Å²) in [6.07, 6.45) is 2.75. The molecule has 2 atom stereocenters. The molecule has 7 nitrogen and oxygen atoms in total. The zero-order valence-electron chi connectivity index (χ0n) is 20.9. The Labute approximate surface area is 206 Å². The Kier molecular flexibility index (Phi) is 7.45. The molecule has 0 saturated carbocycles. The number of aliphatic hydroxyl groups excluding tert-OH is 1. The van der Waals surface area contributed by atoms with Crippen LogP contribution < -0.4 is 9.47 Å². The van der Waals surface area contributed by atoms with E-state index in [0.717, 1.165) is 36.1 Å². The van der Waals surface area contributed by atoms with E-state index in [0.29, 0.717) is 31.0 Å². The van der Waals surface area contributed by atoms with Crippen LogP contribution >= 0.6 is 0 Å². The minimum absolute atomic E-state index is 0.0643. The Bertz CT molecular complexity index is 1140. The van der Waals surface area contributed by atoms with Crippen molar-refractivity contribution in [2.24, 2.45) is 0 Å². The second-order valence-electron chi connectivity index (χ2n) is 9.53. The number of unbranched alkanes of at least 4 members (excludes halogenated alkanes) is 1. The predicted octanol–water partition coefficient (Wildman–Crippen LogP) is 4.17. The van der Waals surface area contributed by atoms with Gasteiger partial charge in [0.2, 0.25) is 0 Å². The monoisotopic (exact) mass is 478 g/mol. The van der Waals surface area contributed by atoms with Crippen molar-refractivity contribution in [1.29, 1.82) is 0 Å². The van der Waals surface area contributed by atoms with Crippen LogP contribution in [-0.2, 0) is 16.0 Å². The molecule has 7 heteroatoms. The van der Waals surface area contributed by atoms with Crippen LogP contribution in [0.2, 0.25) is 0 Å². The van der Waals surface area contributed by atoms with E-state index in [1.165, 1.54) is 0 Å². The largest absolute Gasteiger partial charge is 0.507 e. The number of Topliss-reactive ketones (excluding diaryl/α,β-unsaturated/α-hetero) is 1. The highest BCUT2D eigenvalue weighted by atomic mass is 16.5. The number of amides is 1. The van der Waals surface area contributed by atoms with Gasteiger partial charge in [-0.25, -0.2) is 0 Å². The Morgan fingerprint density at radius 3 is 2.74 bits per heavy atom. The van der Waals surface area contributed by atoms with Crippen molar-refractivity contribution in [2.75, 3.05) is 33.8 Å². The minimum atomic E-state index is -0.701. The summed E-state index contributed by atoms with van der Waals surface area (Å²) >= 11 is 0. The van der Waals surface area contributed by atoms with Crippen LogP contribution in [0.1, 0.15) is 49.4 Å². The molecule has 1 fully saturated rings. The molecule has 4 rings (SSSR count). The van der Waals surface area contributed by atoms with Gasteiger partial charge in [-0.15, -0.1) is 0 Å². The van der Waals surface area contributed by atoms with E-state index >= 15 is 0 Å². The topological polar surface area (TPSA) is 79.3 Å². The molecule has 186 valence electrons. The van der Waals surface area contributed by atoms with Crippen LogP contribution in [-0.4, -0.2) is 66.5 Å². The third-order valence-electron chi connectivity index (χ3n) is 6.44. The molecule has 0 bridgehead atoms. The normalized spacial score (nSPS) is 20.9. The van der Waals surface area contributed by atoms with Crippen molar-refractivity contribution >= 4 is 17.4 Å². The molecule has 1 amide bonds. The summed E-state index contributed by atoms with van der Waals surface area (Å²) in [5.41, 5.74) is 2.32. The standard InChI is InChI=1S/C28H34N2O5/c1-5-6-14-34-22-9-7-8-19(17-22)25-24(27(32)28(33)30(25)13-12-29(3)4)26(31)20-10-11-23-21(16-20)15-18(2)35-23/h7-11,16-18,25,31H,5-6,12-15H2,1-4H3/b26-24-. The van der Waals surface area contributed by atoms with Gasteiger partial charge in [-0.1, -0.05) is 25.5 Å². The minimum Gasteiger partial charge on any atom is -0.507 e. The first-order valence-corrected chi connectivity index (χ1v) is 12.3. The van der Waals surface area contributed by atoms with Gasteiger partial charge >= 0.3 is 0 Å². The zero-order chi connectivity index (χ0) is 25.1. The molecule has 0 aromatic heterocycles. The lowest BCUT2D eigenvalue weighted by Gasteiger charge is -2.27. The number of benzene rings is 2. The van der Waals surface area contributed by atoms with Crippen LogP contribution in [0.4, 0.5) is 0 Å². The summed E-state index contributed by atoms with van der Waals surface area (Å²) in [5, 5.41) is 11.4. The lowest BCUT2D eigenvalue weighted by molar-refractivity contribution is -0.140.